The van der Waals surface area contributed by atoms with Crippen molar-refractivity contribution in [1.82, 2.24) is 20.7 Å². The van der Waals surface area contributed by atoms with Gasteiger partial charge in [-0.05, 0) is 27.2 Å². The Morgan fingerprint density at radius 2 is 1.57 bits per heavy atom. The summed E-state index contributed by atoms with van der Waals surface area (Å²) in [5.74, 6) is 0.259. The van der Waals surface area contributed by atoms with E-state index in [1.807, 2.05) is 58.9 Å². The summed E-state index contributed by atoms with van der Waals surface area (Å²) >= 11 is 0. The molecular formula is C21H34N4OW4. The van der Waals surface area contributed by atoms with Gasteiger partial charge < -0.3 is 15.5 Å². The van der Waals surface area contributed by atoms with Crippen LogP contribution in [0.4, 0.5) is 0 Å². The van der Waals surface area contributed by atoms with Crippen LogP contribution in [0.5, 0.6) is 0 Å². The molecular weight excluding hydrogens is 1060 g/mol. The van der Waals surface area contributed by atoms with Gasteiger partial charge in [0.1, 0.15) is 0 Å². The van der Waals surface area contributed by atoms with E-state index in [1.54, 1.807) is 0 Å². The Morgan fingerprint density at radius 1 is 1.07 bits per heavy atom. The van der Waals surface area contributed by atoms with Crippen molar-refractivity contribution in [2.75, 3.05) is 0 Å². The molecule has 2 rings (SSSR count). The van der Waals surface area contributed by atoms with Gasteiger partial charge >= 0.3 is 21.1 Å². The zero-order valence-electron chi connectivity index (χ0n) is 19.1. The number of hydrogen-bond acceptors (Lipinski definition) is 4. The monoisotopic (exact) mass is 1090 g/mol. The van der Waals surface area contributed by atoms with E-state index < -0.39 is 0 Å². The fourth-order valence-electron chi connectivity index (χ4n) is 2.20. The molecule has 1 aromatic heterocycles. The number of carbonyl (C=O) groups is 1. The molecule has 1 N–H and O–H groups in total. The number of nitrogens with one attached hydrogen (secondary N) is 1. The maximum Gasteiger partial charge on any atom is 2.00 e. The maximum atomic E-state index is 12.6. The van der Waals surface area contributed by atoms with Crippen molar-refractivity contribution in [3.05, 3.63) is 48.3 Å². The number of ketones is 1. The van der Waals surface area contributed by atoms with Crippen LogP contribution in [-0.2, 0) is 95.5 Å². The van der Waals surface area contributed by atoms with Gasteiger partial charge in [-0.3, -0.25) is 10.0 Å². The molecule has 0 unspecified atom stereocenters. The Bertz CT molecular complexity index is 580. The molecule has 0 aliphatic rings. The average molecular weight is 1090 g/mol. The normalized spacial score (nSPS) is 10.5. The van der Waals surface area contributed by atoms with Crippen LogP contribution in [0.25, 0.3) is 0 Å². The van der Waals surface area contributed by atoms with Crippen LogP contribution < -0.4 is 10.4 Å². The minimum Gasteiger partial charge on any atom is -0.359 e. The van der Waals surface area contributed by atoms with Crippen LogP contribution >= 0.6 is 0 Å². The second-order valence-corrected chi connectivity index (χ2v) is 7.79. The second kappa shape index (κ2) is 21.6. The first-order valence-electron chi connectivity index (χ1n) is 9.11. The molecule has 1 heterocycles. The molecule has 0 amide bonds. The number of nitrogens with zero attached hydrogens (tertiary/aromatic N) is 3. The Balaban J connectivity index is -0.000000164. The molecule has 168 valence electrons. The van der Waals surface area contributed by atoms with Crippen LogP contribution in [0.2, 0.25) is 0 Å². The van der Waals surface area contributed by atoms with Gasteiger partial charge in [0, 0.05) is 74.1 Å². The average Bonchev–Trinajstić information content (AvgIpc) is 3.14. The van der Waals surface area contributed by atoms with Crippen LogP contribution in [0.3, 0.4) is 0 Å². The molecule has 1 aromatic carbocycles. The van der Waals surface area contributed by atoms with E-state index in [2.05, 4.69) is 47.6 Å². The molecule has 0 saturated heterocycles. The van der Waals surface area contributed by atoms with Crippen molar-refractivity contribution < 1.29 is 89.1 Å². The van der Waals surface area contributed by atoms with E-state index in [-0.39, 0.29) is 107 Å². The topological polar surface area (TPSA) is 69.0 Å². The van der Waals surface area contributed by atoms with Crippen molar-refractivity contribution in [2.45, 2.75) is 73.4 Å². The largest absolute Gasteiger partial charge is 2.00 e. The van der Waals surface area contributed by atoms with E-state index in [0.29, 0.717) is 0 Å². The van der Waals surface area contributed by atoms with E-state index in [9.17, 15) is 4.79 Å². The summed E-state index contributed by atoms with van der Waals surface area (Å²) < 4.78 is 0. The fraction of sp³-hybridized carbons (Fsp3) is 0.571. The minimum atomic E-state index is -0.330. The van der Waals surface area contributed by atoms with Crippen LogP contribution in [0.1, 0.15) is 61.0 Å². The predicted molar refractivity (Wildman–Crippen MR) is 107 cm³/mol. The third kappa shape index (κ3) is 20.6. The van der Waals surface area contributed by atoms with Crippen molar-refractivity contribution in [1.29, 1.82) is 0 Å². The first-order valence-corrected chi connectivity index (χ1v) is 9.11. The Kier molecular flexibility index (Phi) is 29.5. The van der Waals surface area contributed by atoms with Gasteiger partial charge in [0.2, 0.25) is 0 Å². The number of carbonyl (C=O) groups excluding carboxylic acids is 1. The van der Waals surface area contributed by atoms with Crippen molar-refractivity contribution in [3.8, 4) is 0 Å². The molecule has 30 heavy (non-hydrogen) atoms. The van der Waals surface area contributed by atoms with Crippen molar-refractivity contribution in [3.63, 3.8) is 0 Å². The third-order valence-electron chi connectivity index (χ3n) is 3.19. The smallest absolute Gasteiger partial charge is 0.359 e. The Labute approximate surface area is 240 Å². The molecule has 2 aromatic rings. The summed E-state index contributed by atoms with van der Waals surface area (Å²) in [4.78, 5) is 12.6. The number of rotatable bonds is 4. The standard InChI is InChI=1S/C17H26NO.C2H2N3.C2H6.4W/c1-16(2,3)15(19)14(18-17(4,5)6)12-13-10-8-7-9-11-13;1-2-4-5-3-1;1-2;;;;/h8-11,14,18H,12H2,1-6H3;1-2H;1-2H3;;;;/q2*-1;;;;;+2/t14-;;;;;;/m0....../s1. The van der Waals surface area contributed by atoms with E-state index in [0.717, 1.165) is 12.0 Å². The molecule has 0 saturated carbocycles. The SMILES string of the molecule is CC.CC(C)(C)N[C@@H](Cc1cc[c-]cc1)C(=O)C(C)(C)C.[W+2].[W].[W].[W].c1c[n-]nn1. The number of hydrogen-bond donors (Lipinski definition) is 1. The molecule has 0 aliphatic carbocycles. The Morgan fingerprint density at radius 3 is 1.87 bits per heavy atom. The molecule has 0 radical (unpaired) electrons. The van der Waals surface area contributed by atoms with Gasteiger partial charge in [-0.2, -0.15) is 35.9 Å². The van der Waals surface area contributed by atoms with E-state index in [4.69, 9.17) is 0 Å². The summed E-state index contributed by atoms with van der Waals surface area (Å²) in [5.41, 5.74) is 0.758. The predicted octanol–water partition coefficient (Wildman–Crippen LogP) is 3.85. The van der Waals surface area contributed by atoms with Gasteiger partial charge in [0.15, 0.2) is 5.78 Å². The van der Waals surface area contributed by atoms with E-state index in [1.165, 1.54) is 12.4 Å². The fourth-order valence-corrected chi connectivity index (χ4v) is 2.20. The summed E-state index contributed by atoms with van der Waals surface area (Å²) in [5, 5.41) is 13.4. The van der Waals surface area contributed by atoms with Crippen LogP contribution in [0, 0.1) is 11.5 Å². The third-order valence-corrected chi connectivity index (χ3v) is 3.19. The molecule has 0 spiro atoms. The number of benzene rings is 1. The molecule has 0 fully saturated rings. The molecule has 0 bridgehead atoms. The zero-order valence-corrected chi connectivity index (χ0v) is 30.9. The summed E-state index contributed by atoms with van der Waals surface area (Å²) in [6.07, 6.45) is 3.78. The zero-order chi connectivity index (χ0) is 20.2. The number of Topliss-reactive ketones (excluding diaryl/α,β-unsaturated/α-hetero) is 1. The van der Waals surface area contributed by atoms with Gasteiger partial charge in [-0.15, -0.1) is 0 Å². The van der Waals surface area contributed by atoms with Gasteiger partial charge in [0.05, 0.1) is 6.04 Å². The van der Waals surface area contributed by atoms with Crippen molar-refractivity contribution in [2.24, 2.45) is 5.41 Å². The molecule has 0 aliphatic heterocycles. The summed E-state index contributed by atoms with van der Waals surface area (Å²) in [6.45, 7) is 16.2. The van der Waals surface area contributed by atoms with Gasteiger partial charge in [-0.1, -0.05) is 47.0 Å². The maximum absolute atomic E-state index is 12.6. The molecule has 1 atom stereocenters. The van der Waals surface area contributed by atoms with Crippen LogP contribution in [0.15, 0.2) is 36.7 Å². The quantitative estimate of drug-likeness (QED) is 0.473. The Hall–Kier alpha value is 0.743. The summed E-state index contributed by atoms with van der Waals surface area (Å²) in [7, 11) is 0. The van der Waals surface area contributed by atoms with Crippen LogP contribution in [-0.4, -0.2) is 27.7 Å². The van der Waals surface area contributed by atoms with Gasteiger partial charge in [0.25, 0.3) is 0 Å². The van der Waals surface area contributed by atoms with Gasteiger partial charge in [-0.25, -0.2) is 0 Å². The molecule has 9 heteroatoms. The summed E-state index contributed by atoms with van der Waals surface area (Å²) in [6, 6.07) is 10.7. The molecule has 5 nitrogen and oxygen atoms in total. The second-order valence-electron chi connectivity index (χ2n) is 7.79. The first-order chi connectivity index (χ1) is 12.1. The minimum absolute atomic E-state index is 0. The van der Waals surface area contributed by atoms with Crippen molar-refractivity contribution >= 4 is 5.78 Å². The number of aromatic nitrogens is 3. The van der Waals surface area contributed by atoms with E-state index >= 15 is 0 Å². The first kappa shape index (κ1) is 41.0.